The fraction of sp³-hybridized carbons (Fsp3) is 0.500. The van der Waals surface area contributed by atoms with Crippen LogP contribution < -0.4 is 5.32 Å². The molecule has 1 N–H and O–H groups in total. The number of carbonyl (C=O) groups is 2. The van der Waals surface area contributed by atoms with Crippen molar-refractivity contribution >= 4 is 46.4 Å². The van der Waals surface area contributed by atoms with Crippen molar-refractivity contribution in [2.24, 2.45) is 0 Å². The van der Waals surface area contributed by atoms with E-state index in [1.165, 1.54) is 6.07 Å². The molecule has 1 saturated heterocycles. The molecule has 0 saturated carbocycles. The summed E-state index contributed by atoms with van der Waals surface area (Å²) in [6.45, 7) is 3.79. The number of halogens is 2. The molecule has 8 heteroatoms. The van der Waals surface area contributed by atoms with Crippen molar-refractivity contribution in [3.63, 3.8) is 0 Å². The van der Waals surface area contributed by atoms with Crippen LogP contribution in [-0.4, -0.2) is 49.1 Å². The smallest absolute Gasteiger partial charge is 0.254 e. The Morgan fingerprint density at radius 2 is 2.05 bits per heavy atom. The molecule has 0 aliphatic carbocycles. The molecule has 0 bridgehead atoms. The Labute approximate surface area is 130 Å². The fourth-order valence-electron chi connectivity index (χ4n) is 1.89. The van der Waals surface area contributed by atoms with Gasteiger partial charge >= 0.3 is 0 Å². The second kappa shape index (κ2) is 6.76. The zero-order valence-electron chi connectivity index (χ0n) is 10.8. The predicted molar refractivity (Wildman–Crippen MR) is 78.7 cm³/mol. The summed E-state index contributed by atoms with van der Waals surface area (Å²) in [4.78, 5) is 25.9. The Morgan fingerprint density at radius 1 is 1.40 bits per heavy atom. The molecular weight excluding hydrogens is 323 g/mol. The van der Waals surface area contributed by atoms with E-state index in [4.69, 9.17) is 27.9 Å². The lowest BCUT2D eigenvalue weighted by Gasteiger charge is -2.29. The second-order valence-electron chi connectivity index (χ2n) is 4.37. The molecule has 1 aromatic heterocycles. The number of rotatable bonds is 3. The van der Waals surface area contributed by atoms with Crippen LogP contribution in [0.3, 0.4) is 0 Å². The molecule has 20 heavy (non-hydrogen) atoms. The molecule has 0 radical (unpaired) electrons. The molecular formula is C12H14Cl2N2O3S. The number of amides is 2. The molecule has 1 aliphatic heterocycles. The van der Waals surface area contributed by atoms with Crippen LogP contribution in [-0.2, 0) is 9.53 Å². The van der Waals surface area contributed by atoms with Crippen LogP contribution in [0, 0.1) is 0 Å². The summed E-state index contributed by atoms with van der Waals surface area (Å²) in [5.41, 5.74) is 0.295. The monoisotopic (exact) mass is 336 g/mol. The fourth-order valence-corrected chi connectivity index (χ4v) is 3.35. The number of hydrogen-bond acceptors (Lipinski definition) is 4. The lowest BCUT2D eigenvalue weighted by molar-refractivity contribution is -0.136. The van der Waals surface area contributed by atoms with Gasteiger partial charge < -0.3 is 15.0 Å². The molecule has 0 spiro atoms. The minimum absolute atomic E-state index is 0.126. The summed E-state index contributed by atoms with van der Waals surface area (Å²) < 4.78 is 5.94. The maximum absolute atomic E-state index is 12.2. The van der Waals surface area contributed by atoms with E-state index in [-0.39, 0.29) is 5.91 Å². The van der Waals surface area contributed by atoms with Gasteiger partial charge in [0.25, 0.3) is 5.91 Å². The highest BCUT2D eigenvalue weighted by Crippen LogP contribution is 2.31. The number of morpholine rings is 1. The lowest BCUT2D eigenvalue weighted by atomic mass is 10.2. The highest BCUT2D eigenvalue weighted by atomic mass is 35.5. The number of hydrogen-bond donors (Lipinski definition) is 1. The van der Waals surface area contributed by atoms with Crippen LogP contribution in [0.1, 0.15) is 17.3 Å². The number of nitrogens with zero attached hydrogens (tertiary/aromatic N) is 1. The van der Waals surface area contributed by atoms with Crippen LogP contribution in [0.25, 0.3) is 0 Å². The van der Waals surface area contributed by atoms with Gasteiger partial charge in [-0.3, -0.25) is 9.59 Å². The molecule has 0 aromatic carbocycles. The van der Waals surface area contributed by atoms with Gasteiger partial charge in [0.2, 0.25) is 5.91 Å². The maximum Gasteiger partial charge on any atom is 0.254 e. The summed E-state index contributed by atoms with van der Waals surface area (Å²) in [5, 5.41) is 2.64. The molecule has 1 atom stereocenters. The molecule has 1 fully saturated rings. The maximum atomic E-state index is 12.2. The second-order valence-corrected chi connectivity index (χ2v) is 6.66. The molecule has 0 unspecified atom stereocenters. The van der Waals surface area contributed by atoms with Gasteiger partial charge in [0.15, 0.2) is 0 Å². The standard InChI is InChI=1S/C12H14Cl2N2O3S/c1-7(12(18)16-2-4-19-5-3-16)15-11(17)8-6-9(13)20-10(8)14/h6-7H,2-5H2,1H3,(H,15,17)/t7-/m0/s1. The Balaban J connectivity index is 1.96. The topological polar surface area (TPSA) is 58.6 Å². The first-order valence-electron chi connectivity index (χ1n) is 6.11. The number of nitrogens with one attached hydrogen (secondary N) is 1. The van der Waals surface area contributed by atoms with Gasteiger partial charge in [0, 0.05) is 13.1 Å². The van der Waals surface area contributed by atoms with Crippen LogP contribution in [0.15, 0.2) is 6.07 Å². The summed E-state index contributed by atoms with van der Waals surface area (Å²) in [7, 11) is 0. The van der Waals surface area contributed by atoms with E-state index in [2.05, 4.69) is 5.32 Å². The molecule has 1 aromatic rings. The number of thiophene rings is 1. The van der Waals surface area contributed by atoms with Crippen molar-refractivity contribution in [3.8, 4) is 0 Å². The third-order valence-electron chi connectivity index (χ3n) is 2.94. The van der Waals surface area contributed by atoms with Gasteiger partial charge in [-0.05, 0) is 13.0 Å². The van der Waals surface area contributed by atoms with Crippen LogP contribution in [0.4, 0.5) is 0 Å². The van der Waals surface area contributed by atoms with Crippen molar-refractivity contribution in [1.29, 1.82) is 0 Å². The highest BCUT2D eigenvalue weighted by molar-refractivity contribution is 7.20. The van der Waals surface area contributed by atoms with Crippen molar-refractivity contribution in [2.75, 3.05) is 26.3 Å². The minimum atomic E-state index is -0.615. The van der Waals surface area contributed by atoms with E-state index in [1.54, 1.807) is 11.8 Å². The van der Waals surface area contributed by atoms with E-state index >= 15 is 0 Å². The van der Waals surface area contributed by atoms with Gasteiger partial charge in [-0.2, -0.15) is 0 Å². The van der Waals surface area contributed by atoms with Crippen molar-refractivity contribution < 1.29 is 14.3 Å². The summed E-state index contributed by atoms with van der Waals surface area (Å²) in [6.07, 6.45) is 0. The van der Waals surface area contributed by atoms with E-state index in [0.29, 0.717) is 40.5 Å². The van der Waals surface area contributed by atoms with Crippen LogP contribution in [0.5, 0.6) is 0 Å². The van der Waals surface area contributed by atoms with Crippen molar-refractivity contribution in [2.45, 2.75) is 13.0 Å². The van der Waals surface area contributed by atoms with Crippen LogP contribution >= 0.6 is 34.5 Å². The molecule has 5 nitrogen and oxygen atoms in total. The zero-order chi connectivity index (χ0) is 14.7. The molecule has 1 aliphatic rings. The SMILES string of the molecule is C[C@H](NC(=O)c1cc(Cl)sc1Cl)C(=O)N1CCOCC1. The van der Waals surface area contributed by atoms with Gasteiger partial charge in [-0.1, -0.05) is 23.2 Å². The molecule has 2 heterocycles. The predicted octanol–water partition coefficient (Wildman–Crippen LogP) is 2.03. The average Bonchev–Trinajstić information content (AvgIpc) is 2.78. The Hall–Kier alpha value is -0.820. The van der Waals surface area contributed by atoms with Gasteiger partial charge in [-0.15, -0.1) is 11.3 Å². The lowest BCUT2D eigenvalue weighted by Crippen LogP contribution is -2.50. The van der Waals surface area contributed by atoms with Gasteiger partial charge in [0.05, 0.1) is 23.1 Å². The summed E-state index contributed by atoms with van der Waals surface area (Å²) >= 11 is 12.8. The van der Waals surface area contributed by atoms with E-state index in [9.17, 15) is 9.59 Å². The Kier molecular flexibility index (Phi) is 5.26. The minimum Gasteiger partial charge on any atom is -0.378 e. The summed E-state index contributed by atoms with van der Waals surface area (Å²) in [5.74, 6) is -0.522. The van der Waals surface area contributed by atoms with Gasteiger partial charge in [-0.25, -0.2) is 0 Å². The third-order valence-corrected chi connectivity index (χ3v) is 4.43. The zero-order valence-corrected chi connectivity index (χ0v) is 13.1. The molecule has 2 rings (SSSR count). The van der Waals surface area contributed by atoms with E-state index in [1.807, 2.05) is 0 Å². The highest BCUT2D eigenvalue weighted by Gasteiger charge is 2.25. The Morgan fingerprint density at radius 3 is 2.60 bits per heavy atom. The normalized spacial score (nSPS) is 16.9. The first-order valence-corrected chi connectivity index (χ1v) is 7.68. The first kappa shape index (κ1) is 15.6. The number of carbonyl (C=O) groups excluding carboxylic acids is 2. The largest absolute Gasteiger partial charge is 0.378 e. The van der Waals surface area contributed by atoms with Crippen molar-refractivity contribution in [1.82, 2.24) is 10.2 Å². The first-order chi connectivity index (χ1) is 9.49. The van der Waals surface area contributed by atoms with E-state index < -0.39 is 11.9 Å². The third kappa shape index (κ3) is 3.63. The van der Waals surface area contributed by atoms with Crippen LogP contribution in [0.2, 0.25) is 8.67 Å². The molecule has 2 amide bonds. The van der Waals surface area contributed by atoms with Crippen molar-refractivity contribution in [3.05, 3.63) is 20.3 Å². The molecule has 110 valence electrons. The van der Waals surface area contributed by atoms with E-state index in [0.717, 1.165) is 11.3 Å². The van der Waals surface area contributed by atoms with Gasteiger partial charge in [0.1, 0.15) is 10.4 Å². The average molecular weight is 337 g/mol. The Bertz CT molecular complexity index is 515. The quantitative estimate of drug-likeness (QED) is 0.918. The number of ether oxygens (including phenoxy) is 1. The summed E-state index contributed by atoms with van der Waals surface area (Å²) in [6, 6.07) is 0.880.